The summed E-state index contributed by atoms with van der Waals surface area (Å²) in [5, 5.41) is 0.906. The molecular formula is C12H10BF3NO-. The Hall–Kier alpha value is -1.98. The number of nitrogens with zero attached hydrogens (tertiary/aromatic N) is 1. The summed E-state index contributed by atoms with van der Waals surface area (Å²) in [6.45, 7) is -2.63. The van der Waals surface area contributed by atoms with Gasteiger partial charge in [-0.25, -0.2) is 0 Å². The van der Waals surface area contributed by atoms with E-state index >= 15 is 0 Å². The first kappa shape index (κ1) is 12.5. The molecule has 18 heavy (non-hydrogen) atoms. The van der Waals surface area contributed by atoms with Crippen LogP contribution in [0.2, 0.25) is 0 Å². The maximum absolute atomic E-state index is 12.3. The second kappa shape index (κ2) is 4.72. The number of pyridine rings is 1. The molecule has 0 radical (unpaired) electrons. The van der Waals surface area contributed by atoms with Crippen molar-refractivity contribution in [1.29, 1.82) is 0 Å². The van der Waals surface area contributed by atoms with Gasteiger partial charge in [0.1, 0.15) is 5.75 Å². The minimum atomic E-state index is -5.04. The van der Waals surface area contributed by atoms with Crippen LogP contribution < -0.4 is 4.74 Å². The first-order valence-electron chi connectivity index (χ1n) is 5.32. The fourth-order valence-electron chi connectivity index (χ4n) is 1.41. The topological polar surface area (TPSA) is 22.1 Å². The molecule has 1 aromatic heterocycles. The van der Waals surface area contributed by atoms with E-state index in [1.165, 1.54) is 0 Å². The van der Waals surface area contributed by atoms with Crippen molar-refractivity contribution < 1.29 is 17.7 Å². The van der Waals surface area contributed by atoms with Gasteiger partial charge in [0.2, 0.25) is 0 Å². The summed E-state index contributed by atoms with van der Waals surface area (Å²) in [5.74, 6) is 0.349. The highest BCUT2D eigenvalue weighted by Crippen LogP contribution is 2.22. The van der Waals surface area contributed by atoms with Crippen LogP contribution in [-0.2, 0) is 0 Å². The Bertz CT molecular complexity index is 583. The first-order chi connectivity index (χ1) is 8.47. The third-order valence-electron chi connectivity index (χ3n) is 2.46. The molecule has 0 N–H and O–H groups in total. The van der Waals surface area contributed by atoms with Crippen LogP contribution in [0, 0.1) is 0 Å². The molecule has 0 amide bonds. The maximum Gasteiger partial charge on any atom is 0.508 e. The van der Waals surface area contributed by atoms with Crippen LogP contribution in [0.15, 0.2) is 48.6 Å². The van der Waals surface area contributed by atoms with Gasteiger partial charge in [-0.2, -0.15) is 0 Å². The molecule has 0 saturated carbocycles. The number of aromatic nitrogens is 1. The molecule has 0 bridgehead atoms. The molecule has 1 heterocycles. The Morgan fingerprint density at radius 3 is 2.78 bits per heavy atom. The van der Waals surface area contributed by atoms with Crippen molar-refractivity contribution >= 4 is 17.9 Å². The van der Waals surface area contributed by atoms with Crippen molar-refractivity contribution in [2.45, 2.75) is 0 Å². The van der Waals surface area contributed by atoms with E-state index in [4.69, 9.17) is 4.74 Å². The normalized spacial score (nSPS) is 11.5. The van der Waals surface area contributed by atoms with Crippen LogP contribution in [0.25, 0.3) is 10.9 Å². The van der Waals surface area contributed by atoms with Gasteiger partial charge in [0, 0.05) is 17.6 Å². The van der Waals surface area contributed by atoms with Crippen LogP contribution in [-0.4, -0.2) is 18.6 Å². The first-order valence-corrected chi connectivity index (χ1v) is 5.32. The van der Waals surface area contributed by atoms with Gasteiger partial charge < -0.3 is 17.7 Å². The smallest absolute Gasteiger partial charge is 0.492 e. The second-order valence-corrected chi connectivity index (χ2v) is 3.88. The molecule has 0 spiro atoms. The highest BCUT2D eigenvalue weighted by atomic mass is 19.4. The number of hydrogen-bond donors (Lipinski definition) is 0. The van der Waals surface area contributed by atoms with Crippen LogP contribution >= 0.6 is 0 Å². The number of hydrogen-bond acceptors (Lipinski definition) is 2. The van der Waals surface area contributed by atoms with Gasteiger partial charge in [-0.15, -0.1) is 12.1 Å². The fourth-order valence-corrected chi connectivity index (χ4v) is 1.41. The summed E-state index contributed by atoms with van der Waals surface area (Å²) in [7, 11) is 0. The van der Waals surface area contributed by atoms with E-state index < -0.39 is 19.1 Å². The van der Waals surface area contributed by atoms with Crippen molar-refractivity contribution in [3.63, 3.8) is 0 Å². The average Bonchev–Trinajstić information content (AvgIpc) is 2.34. The molecular weight excluding hydrogens is 242 g/mol. The average molecular weight is 252 g/mol. The third kappa shape index (κ3) is 2.82. The maximum atomic E-state index is 12.3. The van der Waals surface area contributed by atoms with E-state index in [9.17, 15) is 12.9 Å². The zero-order valence-corrected chi connectivity index (χ0v) is 9.45. The monoisotopic (exact) mass is 252 g/mol. The Labute approximate surface area is 102 Å². The van der Waals surface area contributed by atoms with E-state index in [0.717, 1.165) is 5.39 Å². The van der Waals surface area contributed by atoms with Gasteiger partial charge >= 0.3 is 6.98 Å². The molecule has 0 aliphatic carbocycles. The summed E-state index contributed by atoms with van der Waals surface area (Å²) < 4.78 is 41.9. The number of halogens is 3. The highest BCUT2D eigenvalue weighted by Gasteiger charge is 2.26. The van der Waals surface area contributed by atoms with Crippen molar-refractivity contribution in [1.82, 2.24) is 4.98 Å². The summed E-state index contributed by atoms with van der Waals surface area (Å²) in [5.41, 5.74) is -0.172. The summed E-state index contributed by atoms with van der Waals surface area (Å²) >= 11 is 0. The minimum absolute atomic E-state index is 0.349. The lowest BCUT2D eigenvalue weighted by Gasteiger charge is -2.18. The fraction of sp³-hybridized carbons (Fsp3) is 0.0833. The van der Waals surface area contributed by atoms with Gasteiger partial charge in [-0.1, -0.05) is 6.07 Å². The standard InChI is InChI=1S/C12H10BF3NO/c1-9(13(14,15)16)8-18-11-5-4-10-3-2-6-17-12(10)7-11/h2-7H,1,8H2/q-1. The summed E-state index contributed by atoms with van der Waals surface area (Å²) in [6, 6.07) is 8.62. The predicted octanol–water partition coefficient (Wildman–Crippen LogP) is 3.56. The van der Waals surface area contributed by atoms with E-state index in [-0.39, 0.29) is 0 Å². The lowest BCUT2D eigenvalue weighted by molar-refractivity contribution is 0.347. The van der Waals surface area contributed by atoms with E-state index in [0.29, 0.717) is 11.3 Å². The van der Waals surface area contributed by atoms with Gasteiger partial charge in [0.15, 0.2) is 0 Å². The molecule has 0 aliphatic heterocycles. The van der Waals surface area contributed by atoms with Crippen molar-refractivity contribution in [2.75, 3.05) is 6.61 Å². The van der Waals surface area contributed by atoms with E-state index in [1.54, 1.807) is 30.5 Å². The molecule has 2 aromatic rings. The minimum Gasteiger partial charge on any atom is -0.492 e. The largest absolute Gasteiger partial charge is 0.508 e. The molecule has 0 saturated heterocycles. The Morgan fingerprint density at radius 1 is 1.28 bits per heavy atom. The number of rotatable bonds is 4. The van der Waals surface area contributed by atoms with Crippen LogP contribution in [0.5, 0.6) is 5.75 Å². The molecule has 0 fully saturated rings. The molecule has 94 valence electrons. The van der Waals surface area contributed by atoms with Crippen LogP contribution in [0.3, 0.4) is 0 Å². The molecule has 6 heteroatoms. The van der Waals surface area contributed by atoms with Crippen molar-refractivity contribution in [3.05, 3.63) is 48.6 Å². The van der Waals surface area contributed by atoms with Gasteiger partial charge in [0.05, 0.1) is 12.1 Å². The summed E-state index contributed by atoms with van der Waals surface area (Å²) in [6.07, 6.45) is 1.61. The van der Waals surface area contributed by atoms with Gasteiger partial charge in [-0.05, 0) is 18.2 Å². The Morgan fingerprint density at radius 2 is 2.06 bits per heavy atom. The van der Waals surface area contributed by atoms with Crippen molar-refractivity contribution in [2.24, 2.45) is 0 Å². The molecule has 0 unspecified atom stereocenters. The van der Waals surface area contributed by atoms with E-state index in [2.05, 4.69) is 11.6 Å². The quantitative estimate of drug-likeness (QED) is 0.776. The number of ether oxygens (including phenoxy) is 1. The Kier molecular flexibility index (Phi) is 3.27. The van der Waals surface area contributed by atoms with E-state index in [1.807, 2.05) is 6.07 Å². The Balaban J connectivity index is 2.11. The molecule has 0 atom stereocenters. The lowest BCUT2D eigenvalue weighted by atomic mass is 9.81. The number of fused-ring (bicyclic) bond motifs is 1. The molecule has 2 rings (SSSR count). The zero-order chi connectivity index (χ0) is 13.2. The predicted molar refractivity (Wildman–Crippen MR) is 65.5 cm³/mol. The SMILES string of the molecule is C=C(COc1ccc2cccnc2c1)[B-](F)(F)F. The zero-order valence-electron chi connectivity index (χ0n) is 9.45. The lowest BCUT2D eigenvalue weighted by Crippen LogP contribution is -2.23. The van der Waals surface area contributed by atoms with Crippen LogP contribution in [0.1, 0.15) is 0 Å². The third-order valence-corrected chi connectivity index (χ3v) is 2.46. The highest BCUT2D eigenvalue weighted by molar-refractivity contribution is 6.66. The molecule has 2 nitrogen and oxygen atoms in total. The summed E-state index contributed by atoms with van der Waals surface area (Å²) in [4.78, 5) is 4.10. The molecule has 0 aliphatic rings. The second-order valence-electron chi connectivity index (χ2n) is 3.88. The van der Waals surface area contributed by atoms with Gasteiger partial charge in [-0.3, -0.25) is 4.98 Å². The van der Waals surface area contributed by atoms with Gasteiger partial charge in [0.25, 0.3) is 0 Å². The van der Waals surface area contributed by atoms with Crippen LogP contribution in [0.4, 0.5) is 12.9 Å². The number of benzene rings is 1. The van der Waals surface area contributed by atoms with Crippen molar-refractivity contribution in [3.8, 4) is 5.75 Å². The molecule has 1 aromatic carbocycles.